The molecule has 0 unspecified atom stereocenters. The van der Waals surface area contributed by atoms with E-state index < -0.39 is 11.9 Å². The van der Waals surface area contributed by atoms with Gasteiger partial charge in [-0.15, -0.1) is 0 Å². The monoisotopic (exact) mass is 249 g/mol. The van der Waals surface area contributed by atoms with E-state index in [1.807, 2.05) is 0 Å². The lowest BCUT2D eigenvalue weighted by molar-refractivity contribution is 0.0696. The number of amides is 1. The van der Waals surface area contributed by atoms with E-state index in [-0.39, 0.29) is 11.3 Å². The zero-order chi connectivity index (χ0) is 13.0. The number of carboxylic acid groups (broad SMARTS) is 1. The molecule has 2 N–H and O–H groups in total. The average molecular weight is 249 g/mol. The molecule has 7 nitrogen and oxygen atoms in total. The number of nitrogens with zero attached hydrogens (tertiary/aromatic N) is 2. The molecule has 1 amide bonds. The molecule has 0 saturated carbocycles. The van der Waals surface area contributed by atoms with Gasteiger partial charge in [-0.2, -0.15) is 5.10 Å². The van der Waals surface area contributed by atoms with Crippen LogP contribution in [-0.4, -0.2) is 33.3 Å². The number of hydrogen-bond donors (Lipinski definition) is 2. The van der Waals surface area contributed by atoms with Crippen LogP contribution in [0.2, 0.25) is 0 Å². The van der Waals surface area contributed by atoms with Gasteiger partial charge in [-0.3, -0.25) is 9.48 Å². The standard InChI is InChI=1S/C11H11N3O4/c15-10(9-6-8(7-18-9)11(16)17)12-3-5-14-4-1-2-13-14/h1-2,4,6-7H,3,5H2,(H,12,15)(H,16,17). The highest BCUT2D eigenvalue weighted by Crippen LogP contribution is 2.07. The first-order valence-electron chi connectivity index (χ1n) is 5.24. The molecule has 0 spiro atoms. The second-order valence-electron chi connectivity index (χ2n) is 3.53. The van der Waals surface area contributed by atoms with Crippen molar-refractivity contribution in [2.75, 3.05) is 6.54 Å². The number of aromatic carboxylic acids is 1. The van der Waals surface area contributed by atoms with Crippen molar-refractivity contribution in [3.63, 3.8) is 0 Å². The minimum atomic E-state index is -1.13. The number of carbonyl (C=O) groups excluding carboxylic acids is 1. The highest BCUT2D eigenvalue weighted by atomic mass is 16.4. The molecule has 2 aromatic heterocycles. The molecule has 2 rings (SSSR count). The Morgan fingerprint density at radius 3 is 2.94 bits per heavy atom. The summed E-state index contributed by atoms with van der Waals surface area (Å²) in [5.74, 6) is -1.60. The van der Waals surface area contributed by atoms with Gasteiger partial charge >= 0.3 is 5.97 Å². The van der Waals surface area contributed by atoms with Crippen molar-refractivity contribution in [3.05, 3.63) is 42.1 Å². The van der Waals surface area contributed by atoms with E-state index in [1.165, 1.54) is 6.07 Å². The molecule has 0 aromatic carbocycles. The number of rotatable bonds is 5. The third-order valence-corrected chi connectivity index (χ3v) is 2.26. The number of carboxylic acids is 1. The van der Waals surface area contributed by atoms with E-state index >= 15 is 0 Å². The Hall–Kier alpha value is -2.57. The third kappa shape index (κ3) is 2.76. The zero-order valence-corrected chi connectivity index (χ0v) is 9.37. The van der Waals surface area contributed by atoms with Crippen molar-refractivity contribution in [3.8, 4) is 0 Å². The summed E-state index contributed by atoms with van der Waals surface area (Å²) in [6.45, 7) is 0.912. The predicted molar refractivity (Wildman–Crippen MR) is 60.2 cm³/mol. The summed E-state index contributed by atoms with van der Waals surface area (Å²) in [5, 5.41) is 15.3. The summed E-state index contributed by atoms with van der Waals surface area (Å²) in [4.78, 5) is 22.2. The molecular weight excluding hydrogens is 238 g/mol. The van der Waals surface area contributed by atoms with E-state index in [0.29, 0.717) is 13.1 Å². The molecule has 0 aliphatic heterocycles. The van der Waals surface area contributed by atoms with Crippen molar-refractivity contribution in [1.82, 2.24) is 15.1 Å². The summed E-state index contributed by atoms with van der Waals surface area (Å²) < 4.78 is 6.53. The number of aromatic nitrogens is 2. The van der Waals surface area contributed by atoms with Crippen LogP contribution in [-0.2, 0) is 6.54 Å². The second-order valence-corrected chi connectivity index (χ2v) is 3.53. The predicted octanol–water partition coefficient (Wildman–Crippen LogP) is 0.604. The highest BCUT2D eigenvalue weighted by molar-refractivity contribution is 5.95. The molecule has 0 fully saturated rings. The van der Waals surface area contributed by atoms with E-state index in [0.717, 1.165) is 6.26 Å². The Morgan fingerprint density at radius 2 is 2.33 bits per heavy atom. The van der Waals surface area contributed by atoms with Crippen molar-refractivity contribution in [2.24, 2.45) is 0 Å². The second kappa shape index (κ2) is 5.17. The quantitative estimate of drug-likeness (QED) is 0.808. The van der Waals surface area contributed by atoms with Gasteiger partial charge in [-0.25, -0.2) is 4.79 Å². The Morgan fingerprint density at radius 1 is 1.50 bits per heavy atom. The molecule has 2 heterocycles. The molecule has 0 atom stereocenters. The summed E-state index contributed by atoms with van der Waals surface area (Å²) in [7, 11) is 0. The average Bonchev–Trinajstić information content (AvgIpc) is 2.99. The number of nitrogens with one attached hydrogen (secondary N) is 1. The largest absolute Gasteiger partial charge is 0.478 e. The minimum Gasteiger partial charge on any atom is -0.478 e. The van der Waals surface area contributed by atoms with Gasteiger partial charge in [0.05, 0.1) is 12.1 Å². The van der Waals surface area contributed by atoms with Gasteiger partial charge in [-0.1, -0.05) is 0 Å². The topological polar surface area (TPSA) is 97.4 Å². The lowest BCUT2D eigenvalue weighted by Gasteiger charge is -2.02. The number of furan rings is 1. The van der Waals surface area contributed by atoms with Gasteiger partial charge in [0.1, 0.15) is 6.26 Å². The first-order valence-corrected chi connectivity index (χ1v) is 5.24. The van der Waals surface area contributed by atoms with Gasteiger partial charge in [0, 0.05) is 25.0 Å². The maximum Gasteiger partial charge on any atom is 0.338 e. The van der Waals surface area contributed by atoms with Crippen molar-refractivity contribution >= 4 is 11.9 Å². The van der Waals surface area contributed by atoms with E-state index in [1.54, 1.807) is 23.1 Å². The van der Waals surface area contributed by atoms with Crippen molar-refractivity contribution < 1.29 is 19.1 Å². The molecule has 7 heteroatoms. The van der Waals surface area contributed by atoms with Gasteiger partial charge in [0.15, 0.2) is 5.76 Å². The molecule has 94 valence electrons. The molecule has 0 aliphatic carbocycles. The first-order chi connectivity index (χ1) is 8.66. The van der Waals surface area contributed by atoms with Crippen LogP contribution in [0.3, 0.4) is 0 Å². The number of hydrogen-bond acceptors (Lipinski definition) is 4. The first kappa shape index (κ1) is 11.9. The Bertz CT molecular complexity index is 544. The lowest BCUT2D eigenvalue weighted by Crippen LogP contribution is -2.27. The highest BCUT2D eigenvalue weighted by Gasteiger charge is 2.13. The van der Waals surface area contributed by atoms with Crippen LogP contribution in [0.15, 0.2) is 35.2 Å². The van der Waals surface area contributed by atoms with Crippen LogP contribution < -0.4 is 5.32 Å². The van der Waals surface area contributed by atoms with Crippen LogP contribution in [0.25, 0.3) is 0 Å². The van der Waals surface area contributed by atoms with E-state index in [2.05, 4.69) is 10.4 Å². The molecule has 2 aromatic rings. The number of carbonyl (C=O) groups is 2. The van der Waals surface area contributed by atoms with Gasteiger partial charge in [0.25, 0.3) is 5.91 Å². The van der Waals surface area contributed by atoms with Gasteiger partial charge < -0.3 is 14.8 Å². The molecule has 0 radical (unpaired) electrons. The molecular formula is C11H11N3O4. The summed E-state index contributed by atoms with van der Waals surface area (Å²) >= 11 is 0. The van der Waals surface area contributed by atoms with Crippen LogP contribution in [0.1, 0.15) is 20.9 Å². The normalized spacial score (nSPS) is 10.2. The maximum absolute atomic E-state index is 11.6. The summed E-state index contributed by atoms with van der Waals surface area (Å²) in [5.41, 5.74) is -0.0489. The molecule has 0 aliphatic rings. The smallest absolute Gasteiger partial charge is 0.338 e. The lowest BCUT2D eigenvalue weighted by atomic mass is 10.3. The van der Waals surface area contributed by atoms with Crippen LogP contribution in [0, 0.1) is 0 Å². The fourth-order valence-electron chi connectivity index (χ4n) is 1.37. The minimum absolute atomic E-state index is 0.0205. The summed E-state index contributed by atoms with van der Waals surface area (Å²) in [6, 6.07) is 2.97. The fourth-order valence-corrected chi connectivity index (χ4v) is 1.37. The molecule has 0 bridgehead atoms. The van der Waals surface area contributed by atoms with Crippen LogP contribution in [0.4, 0.5) is 0 Å². The van der Waals surface area contributed by atoms with Gasteiger partial charge in [-0.05, 0) is 6.07 Å². The zero-order valence-electron chi connectivity index (χ0n) is 9.37. The van der Waals surface area contributed by atoms with Crippen LogP contribution >= 0.6 is 0 Å². The SMILES string of the molecule is O=C(O)c1coc(C(=O)NCCn2cccn2)c1. The fraction of sp³-hybridized carbons (Fsp3) is 0.182. The Kier molecular flexibility index (Phi) is 3.42. The maximum atomic E-state index is 11.6. The Labute approximate surface area is 102 Å². The Balaban J connectivity index is 1.85. The van der Waals surface area contributed by atoms with E-state index in [9.17, 15) is 9.59 Å². The van der Waals surface area contributed by atoms with E-state index in [4.69, 9.17) is 9.52 Å². The third-order valence-electron chi connectivity index (χ3n) is 2.26. The summed E-state index contributed by atoms with van der Waals surface area (Å²) in [6.07, 6.45) is 4.46. The molecule has 18 heavy (non-hydrogen) atoms. The van der Waals surface area contributed by atoms with Gasteiger partial charge in [0.2, 0.25) is 0 Å². The van der Waals surface area contributed by atoms with Crippen LogP contribution in [0.5, 0.6) is 0 Å². The van der Waals surface area contributed by atoms with Crippen molar-refractivity contribution in [2.45, 2.75) is 6.54 Å². The van der Waals surface area contributed by atoms with Crippen molar-refractivity contribution in [1.29, 1.82) is 0 Å². The molecule has 0 saturated heterocycles.